The first-order valence-corrected chi connectivity index (χ1v) is 9.16. The van der Waals surface area contributed by atoms with Crippen LogP contribution in [-0.4, -0.2) is 13.0 Å². The second-order valence-corrected chi connectivity index (χ2v) is 6.62. The van der Waals surface area contributed by atoms with Crippen LogP contribution in [-0.2, 0) is 4.79 Å². The van der Waals surface area contributed by atoms with Crippen LogP contribution >= 0.6 is 0 Å². The van der Waals surface area contributed by atoms with Crippen molar-refractivity contribution in [3.8, 4) is 11.8 Å². The summed E-state index contributed by atoms with van der Waals surface area (Å²) in [6.45, 7) is 0. The average Bonchev–Trinajstić information content (AvgIpc) is 2.77. The van der Waals surface area contributed by atoms with E-state index in [0.29, 0.717) is 5.69 Å². The molecule has 0 aliphatic heterocycles. The lowest BCUT2D eigenvalue weighted by Crippen LogP contribution is -2.13. The highest BCUT2D eigenvalue weighted by Gasteiger charge is 2.11. The highest BCUT2D eigenvalue weighted by Crippen LogP contribution is 2.25. The number of carbonyl (C=O) groups is 1. The van der Waals surface area contributed by atoms with E-state index in [2.05, 4.69) is 5.32 Å². The van der Waals surface area contributed by atoms with E-state index in [1.54, 1.807) is 13.2 Å². The summed E-state index contributed by atoms with van der Waals surface area (Å²) in [4.78, 5) is 12.7. The summed E-state index contributed by atoms with van der Waals surface area (Å²) in [6.07, 6.45) is 1.60. The Morgan fingerprint density at radius 3 is 2.52 bits per heavy atom. The van der Waals surface area contributed by atoms with Crippen molar-refractivity contribution in [1.82, 2.24) is 0 Å². The molecule has 0 radical (unpaired) electrons. The number of hydrogen-bond acceptors (Lipinski definition) is 3. The first kappa shape index (κ1) is 18.3. The summed E-state index contributed by atoms with van der Waals surface area (Å²) >= 11 is 0. The van der Waals surface area contributed by atoms with Gasteiger partial charge in [-0.05, 0) is 52.1 Å². The van der Waals surface area contributed by atoms with Crippen LogP contribution in [0.5, 0.6) is 5.75 Å². The van der Waals surface area contributed by atoms with Gasteiger partial charge in [-0.15, -0.1) is 0 Å². The van der Waals surface area contributed by atoms with Crippen molar-refractivity contribution in [3.63, 3.8) is 0 Å². The number of nitriles is 1. The number of benzene rings is 4. The smallest absolute Gasteiger partial charge is 0.266 e. The first-order chi connectivity index (χ1) is 14.2. The third-order valence-corrected chi connectivity index (χ3v) is 4.79. The molecule has 29 heavy (non-hydrogen) atoms. The Labute approximate surface area is 168 Å². The van der Waals surface area contributed by atoms with E-state index in [9.17, 15) is 10.1 Å². The number of fused-ring (bicyclic) bond motifs is 2. The molecule has 4 aromatic rings. The minimum Gasteiger partial charge on any atom is -0.497 e. The van der Waals surface area contributed by atoms with Crippen molar-refractivity contribution in [2.24, 2.45) is 0 Å². The Morgan fingerprint density at radius 1 is 0.931 bits per heavy atom. The number of rotatable bonds is 4. The molecule has 140 valence electrons. The van der Waals surface area contributed by atoms with Crippen molar-refractivity contribution < 1.29 is 9.53 Å². The zero-order chi connectivity index (χ0) is 20.2. The lowest BCUT2D eigenvalue weighted by molar-refractivity contribution is -0.112. The number of methoxy groups -OCH3 is 1. The number of anilines is 1. The minimum atomic E-state index is -0.432. The van der Waals surface area contributed by atoms with E-state index in [1.807, 2.05) is 84.9 Å². The molecule has 4 nitrogen and oxygen atoms in total. The van der Waals surface area contributed by atoms with Gasteiger partial charge in [-0.2, -0.15) is 5.26 Å². The fourth-order valence-electron chi connectivity index (χ4n) is 3.30. The molecule has 0 fully saturated rings. The summed E-state index contributed by atoms with van der Waals surface area (Å²) in [7, 11) is 1.63. The third kappa shape index (κ3) is 3.80. The Hall–Kier alpha value is -4.10. The lowest BCUT2D eigenvalue weighted by atomic mass is 10.0. The molecule has 0 aromatic heterocycles. The molecule has 4 aromatic carbocycles. The highest BCUT2D eigenvalue weighted by molar-refractivity contribution is 6.13. The largest absolute Gasteiger partial charge is 0.497 e. The van der Waals surface area contributed by atoms with Crippen molar-refractivity contribution >= 4 is 39.2 Å². The van der Waals surface area contributed by atoms with Crippen molar-refractivity contribution in [2.75, 3.05) is 12.4 Å². The standard InChI is InChI=1S/C25H18N2O2/c1-29-22-12-11-19-13-17(9-10-20(19)15-22)14-21(16-26)25(28)27-24-8-4-6-18-5-2-3-7-23(18)24/h2-15H,1H3,(H,27,28)/b21-14+. The van der Waals surface area contributed by atoms with Crippen molar-refractivity contribution in [2.45, 2.75) is 0 Å². The summed E-state index contributed by atoms with van der Waals surface area (Å²) < 4.78 is 5.25. The van der Waals surface area contributed by atoms with Gasteiger partial charge in [0.2, 0.25) is 0 Å². The van der Waals surface area contributed by atoms with Crippen LogP contribution in [0.1, 0.15) is 5.56 Å². The van der Waals surface area contributed by atoms with Crippen LogP contribution < -0.4 is 10.1 Å². The molecule has 1 amide bonds. The maximum Gasteiger partial charge on any atom is 0.266 e. The molecule has 1 N–H and O–H groups in total. The normalized spacial score (nSPS) is 11.2. The molecule has 0 aliphatic carbocycles. The summed E-state index contributed by atoms with van der Waals surface area (Å²) in [5.74, 6) is 0.353. The fourth-order valence-corrected chi connectivity index (χ4v) is 3.30. The average molecular weight is 378 g/mol. The van der Waals surface area contributed by atoms with E-state index >= 15 is 0 Å². The van der Waals surface area contributed by atoms with Crippen molar-refractivity contribution in [1.29, 1.82) is 5.26 Å². The van der Waals surface area contributed by atoms with Gasteiger partial charge in [0.25, 0.3) is 5.91 Å². The van der Waals surface area contributed by atoms with E-state index in [1.165, 1.54) is 0 Å². The van der Waals surface area contributed by atoms with Gasteiger partial charge in [0.15, 0.2) is 0 Å². The molecule has 0 saturated carbocycles. The predicted octanol–water partition coefficient (Wildman–Crippen LogP) is 5.55. The summed E-state index contributed by atoms with van der Waals surface area (Å²) in [5, 5.41) is 16.4. The van der Waals surface area contributed by atoms with Crippen LogP contribution in [0.2, 0.25) is 0 Å². The van der Waals surface area contributed by atoms with Gasteiger partial charge in [0.1, 0.15) is 17.4 Å². The lowest BCUT2D eigenvalue weighted by Gasteiger charge is -2.08. The molecule has 0 saturated heterocycles. The first-order valence-electron chi connectivity index (χ1n) is 9.16. The number of nitrogens with one attached hydrogen (secondary N) is 1. The highest BCUT2D eigenvalue weighted by atomic mass is 16.5. The zero-order valence-electron chi connectivity index (χ0n) is 15.8. The van der Waals surface area contributed by atoms with Gasteiger partial charge in [-0.25, -0.2) is 0 Å². The van der Waals surface area contributed by atoms with E-state index in [0.717, 1.165) is 32.9 Å². The number of carbonyl (C=O) groups excluding carboxylic acids is 1. The fraction of sp³-hybridized carbons (Fsp3) is 0.0400. The monoisotopic (exact) mass is 378 g/mol. The van der Waals surface area contributed by atoms with Crippen LogP contribution in [0.4, 0.5) is 5.69 Å². The van der Waals surface area contributed by atoms with Gasteiger partial charge >= 0.3 is 0 Å². The van der Waals surface area contributed by atoms with Gasteiger partial charge in [0.05, 0.1) is 7.11 Å². The quantitative estimate of drug-likeness (QED) is 0.374. The predicted molar refractivity (Wildman–Crippen MR) is 117 cm³/mol. The van der Waals surface area contributed by atoms with E-state index < -0.39 is 5.91 Å². The molecule has 0 unspecified atom stereocenters. The van der Waals surface area contributed by atoms with E-state index in [-0.39, 0.29) is 5.57 Å². The second kappa shape index (κ2) is 7.87. The number of ether oxygens (including phenoxy) is 1. The maximum absolute atomic E-state index is 12.7. The number of hydrogen-bond donors (Lipinski definition) is 1. The molecule has 0 aliphatic rings. The van der Waals surface area contributed by atoms with Crippen LogP contribution in [0, 0.1) is 11.3 Å². The zero-order valence-corrected chi connectivity index (χ0v) is 15.8. The van der Waals surface area contributed by atoms with Crippen molar-refractivity contribution in [3.05, 3.63) is 90.0 Å². The Kier molecular flexibility index (Phi) is 4.96. The molecule has 0 atom stereocenters. The number of nitrogens with zero attached hydrogens (tertiary/aromatic N) is 1. The van der Waals surface area contributed by atoms with Crippen LogP contribution in [0.15, 0.2) is 84.4 Å². The van der Waals surface area contributed by atoms with E-state index in [4.69, 9.17) is 4.74 Å². The molecule has 4 heteroatoms. The second-order valence-electron chi connectivity index (χ2n) is 6.62. The molecule has 0 heterocycles. The number of amides is 1. The SMILES string of the molecule is COc1ccc2cc(/C=C(\C#N)C(=O)Nc3cccc4ccccc34)ccc2c1. The molecule has 0 bridgehead atoms. The van der Waals surface area contributed by atoms with Crippen LogP contribution in [0.25, 0.3) is 27.6 Å². The third-order valence-electron chi connectivity index (χ3n) is 4.79. The minimum absolute atomic E-state index is 0.0470. The van der Waals surface area contributed by atoms with Gasteiger partial charge in [-0.3, -0.25) is 4.79 Å². The summed E-state index contributed by atoms with van der Waals surface area (Å²) in [6, 6.07) is 27.0. The molecular weight excluding hydrogens is 360 g/mol. The van der Waals surface area contributed by atoms with Crippen LogP contribution in [0.3, 0.4) is 0 Å². The Bertz CT molecular complexity index is 1290. The summed E-state index contributed by atoms with van der Waals surface area (Å²) in [5.41, 5.74) is 1.51. The Balaban J connectivity index is 1.64. The molecular formula is C25H18N2O2. The molecule has 4 rings (SSSR count). The van der Waals surface area contributed by atoms with Gasteiger partial charge < -0.3 is 10.1 Å². The topological polar surface area (TPSA) is 62.1 Å². The van der Waals surface area contributed by atoms with Gasteiger partial charge in [-0.1, -0.05) is 54.6 Å². The molecule has 0 spiro atoms. The maximum atomic E-state index is 12.7. The van der Waals surface area contributed by atoms with Gasteiger partial charge in [0, 0.05) is 11.1 Å². The Morgan fingerprint density at radius 2 is 1.69 bits per heavy atom.